The summed E-state index contributed by atoms with van der Waals surface area (Å²) in [6.45, 7) is 7.86. The number of nitrogens with one attached hydrogen (secondary N) is 1. The topological polar surface area (TPSA) is 29.1 Å². The predicted octanol–water partition coefficient (Wildman–Crippen LogP) is 1.56. The van der Waals surface area contributed by atoms with Crippen LogP contribution in [-0.2, 0) is 4.79 Å². The number of hydrogen-bond donors (Lipinski definition) is 1. The van der Waals surface area contributed by atoms with Crippen molar-refractivity contribution < 1.29 is 4.79 Å². The Labute approximate surface area is 63.0 Å². The van der Waals surface area contributed by atoms with Crippen molar-refractivity contribution >= 4 is 5.91 Å². The summed E-state index contributed by atoms with van der Waals surface area (Å²) in [7, 11) is 0. The molecule has 0 heterocycles. The van der Waals surface area contributed by atoms with Gasteiger partial charge in [0.25, 0.3) is 0 Å². The molecule has 0 rings (SSSR count). The summed E-state index contributed by atoms with van der Waals surface area (Å²) >= 11 is 0. The molecule has 0 aromatic heterocycles. The fourth-order valence-electron chi connectivity index (χ4n) is 0.816. The number of amides is 1. The van der Waals surface area contributed by atoms with Crippen molar-refractivity contribution in [1.82, 2.24) is 5.32 Å². The van der Waals surface area contributed by atoms with Crippen molar-refractivity contribution in [2.24, 2.45) is 5.92 Å². The van der Waals surface area contributed by atoms with E-state index in [1.54, 1.807) is 6.92 Å². The summed E-state index contributed by atoms with van der Waals surface area (Å²) in [5.41, 5.74) is 0. The van der Waals surface area contributed by atoms with Gasteiger partial charge in [-0.2, -0.15) is 0 Å². The second-order valence-electron chi connectivity index (χ2n) is 2.87. The lowest BCUT2D eigenvalue weighted by Crippen LogP contribution is -2.35. The molecule has 0 aliphatic heterocycles. The van der Waals surface area contributed by atoms with Gasteiger partial charge in [0.1, 0.15) is 0 Å². The number of carbonyl (C=O) groups is 1. The predicted molar refractivity (Wildman–Crippen MR) is 42.7 cm³/mol. The van der Waals surface area contributed by atoms with Gasteiger partial charge in [-0.1, -0.05) is 20.3 Å². The van der Waals surface area contributed by atoms with Gasteiger partial charge >= 0.3 is 0 Å². The normalized spacial score (nSPS) is 16.0. The molecule has 0 aromatic carbocycles. The third-order valence-electron chi connectivity index (χ3n) is 1.93. The van der Waals surface area contributed by atoms with Crippen LogP contribution in [0, 0.1) is 5.92 Å². The van der Waals surface area contributed by atoms with Gasteiger partial charge in [-0.25, -0.2) is 0 Å². The van der Waals surface area contributed by atoms with Crippen LogP contribution in [0.15, 0.2) is 0 Å². The standard InChI is InChI=1S/C8H17NO/c1-5-6(2)7(3)9-8(4)10/h6-7H,5H2,1-4H3,(H,9,10)/t6-,7+/m1/s1. The molecular formula is C8H17NO. The summed E-state index contributed by atoms with van der Waals surface area (Å²) in [6.07, 6.45) is 1.11. The minimum atomic E-state index is 0.0628. The first-order valence-corrected chi connectivity index (χ1v) is 3.85. The summed E-state index contributed by atoms with van der Waals surface area (Å²) in [4.78, 5) is 10.6. The lowest BCUT2D eigenvalue weighted by molar-refractivity contribution is -0.119. The maximum atomic E-state index is 10.6. The molecule has 0 aliphatic carbocycles. The van der Waals surface area contributed by atoms with Crippen LogP contribution in [-0.4, -0.2) is 11.9 Å². The van der Waals surface area contributed by atoms with Gasteiger partial charge in [0.2, 0.25) is 5.91 Å². The van der Waals surface area contributed by atoms with Crippen molar-refractivity contribution in [3.05, 3.63) is 0 Å². The molecule has 0 aromatic rings. The van der Waals surface area contributed by atoms with Crippen molar-refractivity contribution in [3.63, 3.8) is 0 Å². The molecule has 0 aliphatic rings. The highest BCUT2D eigenvalue weighted by atomic mass is 16.1. The van der Waals surface area contributed by atoms with Crippen molar-refractivity contribution in [1.29, 1.82) is 0 Å². The van der Waals surface area contributed by atoms with E-state index < -0.39 is 0 Å². The number of rotatable bonds is 3. The van der Waals surface area contributed by atoms with Gasteiger partial charge in [0.15, 0.2) is 0 Å². The third-order valence-corrected chi connectivity index (χ3v) is 1.93. The highest BCUT2D eigenvalue weighted by molar-refractivity contribution is 5.73. The second kappa shape index (κ2) is 4.31. The van der Waals surface area contributed by atoms with Gasteiger partial charge < -0.3 is 5.32 Å². The van der Waals surface area contributed by atoms with E-state index in [0.29, 0.717) is 12.0 Å². The maximum absolute atomic E-state index is 10.6. The number of carbonyl (C=O) groups excluding carboxylic acids is 1. The number of hydrogen-bond acceptors (Lipinski definition) is 1. The smallest absolute Gasteiger partial charge is 0.217 e. The van der Waals surface area contributed by atoms with Gasteiger partial charge in [0.05, 0.1) is 0 Å². The lowest BCUT2D eigenvalue weighted by Gasteiger charge is -2.18. The molecule has 0 saturated heterocycles. The minimum absolute atomic E-state index is 0.0628. The van der Waals surface area contributed by atoms with E-state index in [4.69, 9.17) is 0 Å². The van der Waals surface area contributed by atoms with Crippen LogP contribution in [0.2, 0.25) is 0 Å². The molecule has 0 fully saturated rings. The summed E-state index contributed by atoms with van der Waals surface area (Å²) in [5, 5.41) is 2.85. The van der Waals surface area contributed by atoms with Crippen LogP contribution in [0.4, 0.5) is 0 Å². The Balaban J connectivity index is 3.61. The average Bonchev–Trinajstić information content (AvgIpc) is 1.85. The highest BCUT2D eigenvalue weighted by Crippen LogP contribution is 2.05. The van der Waals surface area contributed by atoms with Crippen LogP contribution in [0.1, 0.15) is 34.1 Å². The molecule has 1 N–H and O–H groups in total. The van der Waals surface area contributed by atoms with E-state index >= 15 is 0 Å². The first-order chi connectivity index (χ1) is 4.57. The molecule has 60 valence electrons. The zero-order valence-corrected chi connectivity index (χ0v) is 7.27. The highest BCUT2D eigenvalue weighted by Gasteiger charge is 2.09. The molecule has 2 nitrogen and oxygen atoms in total. The van der Waals surface area contributed by atoms with E-state index in [2.05, 4.69) is 19.2 Å². The molecule has 0 saturated carbocycles. The van der Waals surface area contributed by atoms with E-state index in [1.807, 2.05) is 6.92 Å². The van der Waals surface area contributed by atoms with Crippen molar-refractivity contribution in [3.8, 4) is 0 Å². The van der Waals surface area contributed by atoms with Gasteiger partial charge in [-0.15, -0.1) is 0 Å². The van der Waals surface area contributed by atoms with Crippen molar-refractivity contribution in [2.75, 3.05) is 0 Å². The SMILES string of the molecule is CC[C@@H](C)[C@H](C)NC(C)=O. The zero-order chi connectivity index (χ0) is 8.15. The quantitative estimate of drug-likeness (QED) is 0.638. The lowest BCUT2D eigenvalue weighted by atomic mass is 10.0. The Morgan fingerprint density at radius 2 is 2.00 bits per heavy atom. The second-order valence-corrected chi connectivity index (χ2v) is 2.87. The maximum Gasteiger partial charge on any atom is 0.217 e. The van der Waals surface area contributed by atoms with Crippen LogP contribution < -0.4 is 5.32 Å². The molecule has 0 bridgehead atoms. The monoisotopic (exact) mass is 143 g/mol. The molecule has 1 amide bonds. The molecule has 0 unspecified atom stereocenters. The fraction of sp³-hybridized carbons (Fsp3) is 0.875. The van der Waals surface area contributed by atoms with Gasteiger partial charge in [-0.3, -0.25) is 4.79 Å². The third kappa shape index (κ3) is 3.49. The van der Waals surface area contributed by atoms with E-state index in [-0.39, 0.29) is 5.91 Å². The minimum Gasteiger partial charge on any atom is -0.354 e. The molecule has 2 atom stereocenters. The average molecular weight is 143 g/mol. The first kappa shape index (κ1) is 9.47. The van der Waals surface area contributed by atoms with Crippen LogP contribution in [0.5, 0.6) is 0 Å². The Morgan fingerprint density at radius 1 is 1.50 bits per heavy atom. The van der Waals surface area contributed by atoms with E-state index in [0.717, 1.165) is 6.42 Å². The molecule has 2 heteroatoms. The van der Waals surface area contributed by atoms with Gasteiger partial charge in [0, 0.05) is 13.0 Å². The first-order valence-electron chi connectivity index (χ1n) is 3.85. The van der Waals surface area contributed by atoms with Crippen LogP contribution >= 0.6 is 0 Å². The Bertz CT molecular complexity index is 112. The van der Waals surface area contributed by atoms with E-state index in [9.17, 15) is 4.79 Å². The van der Waals surface area contributed by atoms with Crippen molar-refractivity contribution in [2.45, 2.75) is 40.2 Å². The molecule has 10 heavy (non-hydrogen) atoms. The summed E-state index contributed by atoms with van der Waals surface area (Å²) in [6, 6.07) is 0.308. The Hall–Kier alpha value is -0.530. The molecular weight excluding hydrogens is 126 g/mol. The fourth-order valence-corrected chi connectivity index (χ4v) is 0.816. The van der Waals surface area contributed by atoms with Crippen LogP contribution in [0.3, 0.4) is 0 Å². The summed E-state index contributed by atoms with van der Waals surface area (Å²) < 4.78 is 0. The summed E-state index contributed by atoms with van der Waals surface area (Å²) in [5.74, 6) is 0.636. The Morgan fingerprint density at radius 3 is 2.30 bits per heavy atom. The van der Waals surface area contributed by atoms with Crippen LogP contribution in [0.25, 0.3) is 0 Å². The van der Waals surface area contributed by atoms with E-state index in [1.165, 1.54) is 0 Å². The van der Waals surface area contributed by atoms with Gasteiger partial charge in [-0.05, 0) is 12.8 Å². The zero-order valence-electron chi connectivity index (χ0n) is 7.27. The molecule has 0 spiro atoms. The Kier molecular flexibility index (Phi) is 4.08. The largest absolute Gasteiger partial charge is 0.354 e. The molecule has 0 radical (unpaired) electrons.